The first-order valence-electron chi connectivity index (χ1n) is 8.71. The van der Waals surface area contributed by atoms with Gasteiger partial charge in [0.25, 0.3) is 11.8 Å². The van der Waals surface area contributed by atoms with Gasteiger partial charge >= 0.3 is 0 Å². The van der Waals surface area contributed by atoms with E-state index in [1.54, 1.807) is 24.3 Å². The number of carbonyl (C=O) groups is 2. The summed E-state index contributed by atoms with van der Waals surface area (Å²) in [6.07, 6.45) is 2.08. The zero-order valence-electron chi connectivity index (χ0n) is 15.6. The Morgan fingerprint density at radius 1 is 1.17 bits per heavy atom. The molecule has 29 heavy (non-hydrogen) atoms. The van der Waals surface area contributed by atoms with Crippen molar-refractivity contribution < 1.29 is 14.7 Å². The third kappa shape index (κ3) is 4.14. The molecule has 0 radical (unpaired) electrons. The van der Waals surface area contributed by atoms with E-state index >= 15 is 0 Å². The molecular formula is C20H20N6O3. The van der Waals surface area contributed by atoms with Crippen LogP contribution in [0.1, 0.15) is 11.1 Å². The summed E-state index contributed by atoms with van der Waals surface area (Å²) < 4.78 is 0. The molecule has 3 rings (SSSR count). The van der Waals surface area contributed by atoms with Crippen molar-refractivity contribution in [2.24, 2.45) is 5.73 Å². The number of nitrogens with one attached hydrogen (secondary N) is 1. The van der Waals surface area contributed by atoms with Gasteiger partial charge in [0.05, 0.1) is 6.54 Å². The topological polar surface area (TPSA) is 126 Å². The Labute approximate surface area is 166 Å². The number of nitrogens with two attached hydrogens (primary N) is 1. The monoisotopic (exact) mass is 392 g/mol. The Hall–Kier alpha value is -3.98. The van der Waals surface area contributed by atoms with Gasteiger partial charge in [-0.05, 0) is 42.0 Å². The molecule has 148 valence electrons. The number of phenolic OH excluding ortho intramolecular Hbond substituents is 1. The molecule has 9 nitrogen and oxygen atoms in total. The number of benzene rings is 2. The molecule has 0 spiro atoms. The lowest BCUT2D eigenvalue weighted by molar-refractivity contribution is -0.136. The van der Waals surface area contributed by atoms with E-state index in [0.29, 0.717) is 27.8 Å². The Bertz CT molecular complexity index is 1070. The molecule has 0 bridgehead atoms. The van der Waals surface area contributed by atoms with Gasteiger partial charge in [0, 0.05) is 12.1 Å². The minimum absolute atomic E-state index is 0.127. The lowest BCUT2D eigenvalue weighted by Gasteiger charge is -2.22. The number of fused-ring (bicyclic) bond motifs is 1. The van der Waals surface area contributed by atoms with Crippen molar-refractivity contribution in [1.29, 1.82) is 0 Å². The van der Waals surface area contributed by atoms with Crippen LogP contribution < -0.4 is 11.2 Å². The van der Waals surface area contributed by atoms with Gasteiger partial charge in [-0.25, -0.2) is 5.01 Å². The second-order valence-electron chi connectivity index (χ2n) is 6.11. The molecule has 0 aliphatic carbocycles. The summed E-state index contributed by atoms with van der Waals surface area (Å²) in [4.78, 5) is 25.1. The molecule has 4 N–H and O–H groups in total. The van der Waals surface area contributed by atoms with Crippen LogP contribution in [0.25, 0.3) is 16.7 Å². The number of phenols is 1. The van der Waals surface area contributed by atoms with E-state index in [1.165, 1.54) is 4.80 Å². The molecule has 0 aliphatic rings. The molecule has 0 saturated heterocycles. The molecule has 0 aliphatic heterocycles. The summed E-state index contributed by atoms with van der Waals surface area (Å²) in [5, 5.41) is 20.6. The first-order chi connectivity index (χ1) is 14.0. The highest BCUT2D eigenvalue weighted by molar-refractivity contribution is 5.92. The smallest absolute Gasteiger partial charge is 0.264 e. The number of rotatable bonds is 6. The third-order valence-corrected chi connectivity index (χ3v) is 4.17. The number of carbonyl (C=O) groups excluding carboxylic acids is 2. The number of nitrogens with zero attached hydrogens (tertiary/aromatic N) is 4. The van der Waals surface area contributed by atoms with Crippen LogP contribution in [0.3, 0.4) is 0 Å². The second-order valence-corrected chi connectivity index (χ2v) is 6.11. The standard InChI is InChI=1S/C20H20N6O3/c1-3-18(27)24-25(19(28)4-2)12-14-9-13(11-21)10-17(20(14)29)26-22-15-7-5-6-8-16(15)23-26/h3-10,29H,1-2,11-12,21H2,(H,24,27). The Balaban J connectivity index is 2.05. The van der Waals surface area contributed by atoms with Crippen molar-refractivity contribution in [3.8, 4) is 11.4 Å². The Morgan fingerprint density at radius 2 is 1.83 bits per heavy atom. The molecule has 2 aromatic carbocycles. The summed E-state index contributed by atoms with van der Waals surface area (Å²) >= 11 is 0. The van der Waals surface area contributed by atoms with Gasteiger partial charge in [0.1, 0.15) is 22.5 Å². The van der Waals surface area contributed by atoms with Crippen molar-refractivity contribution in [1.82, 2.24) is 25.4 Å². The van der Waals surface area contributed by atoms with Crippen LogP contribution in [0.5, 0.6) is 5.75 Å². The summed E-state index contributed by atoms with van der Waals surface area (Å²) in [6.45, 7) is 6.85. The van der Waals surface area contributed by atoms with Gasteiger partial charge in [-0.15, -0.1) is 15.0 Å². The van der Waals surface area contributed by atoms with E-state index in [4.69, 9.17) is 5.73 Å². The number of amides is 2. The molecule has 0 saturated carbocycles. The maximum absolute atomic E-state index is 12.1. The van der Waals surface area contributed by atoms with Crippen molar-refractivity contribution >= 4 is 22.8 Å². The lowest BCUT2D eigenvalue weighted by Crippen LogP contribution is -2.44. The van der Waals surface area contributed by atoms with Crippen LogP contribution in [0, 0.1) is 0 Å². The highest BCUT2D eigenvalue weighted by atomic mass is 16.3. The number of aromatic nitrogens is 3. The van der Waals surface area contributed by atoms with Gasteiger partial charge in [-0.3, -0.25) is 15.0 Å². The fourth-order valence-corrected chi connectivity index (χ4v) is 2.73. The van der Waals surface area contributed by atoms with Gasteiger partial charge < -0.3 is 10.8 Å². The van der Waals surface area contributed by atoms with Crippen molar-refractivity contribution in [3.63, 3.8) is 0 Å². The number of hydrogen-bond donors (Lipinski definition) is 3. The highest BCUT2D eigenvalue weighted by Gasteiger charge is 2.19. The van der Waals surface area contributed by atoms with Crippen molar-refractivity contribution in [3.05, 3.63) is 72.8 Å². The first kappa shape index (κ1) is 19.8. The fourth-order valence-electron chi connectivity index (χ4n) is 2.73. The largest absolute Gasteiger partial charge is 0.505 e. The molecule has 1 heterocycles. The van der Waals surface area contributed by atoms with Crippen LogP contribution in [0.2, 0.25) is 0 Å². The number of aromatic hydroxyl groups is 1. The van der Waals surface area contributed by atoms with E-state index in [1.807, 2.05) is 12.1 Å². The average molecular weight is 392 g/mol. The number of hydrogen-bond acceptors (Lipinski definition) is 6. The molecule has 2 amide bonds. The first-order valence-corrected chi connectivity index (χ1v) is 8.71. The molecule has 0 unspecified atom stereocenters. The summed E-state index contributed by atoms with van der Waals surface area (Å²) in [5.41, 5.74) is 10.9. The van der Waals surface area contributed by atoms with Gasteiger partial charge in [-0.1, -0.05) is 25.3 Å². The van der Waals surface area contributed by atoms with E-state index in [0.717, 1.165) is 17.2 Å². The van der Waals surface area contributed by atoms with E-state index in [9.17, 15) is 14.7 Å². The van der Waals surface area contributed by atoms with Crippen LogP contribution in [0.15, 0.2) is 61.7 Å². The number of hydrazine groups is 1. The third-order valence-electron chi connectivity index (χ3n) is 4.17. The zero-order chi connectivity index (χ0) is 21.0. The predicted octanol–water partition coefficient (Wildman–Crippen LogP) is 1.32. The maximum Gasteiger partial charge on any atom is 0.264 e. The highest BCUT2D eigenvalue weighted by Crippen LogP contribution is 2.29. The minimum atomic E-state index is -0.574. The van der Waals surface area contributed by atoms with Crippen molar-refractivity contribution in [2.45, 2.75) is 13.1 Å². The predicted molar refractivity (Wildman–Crippen MR) is 108 cm³/mol. The maximum atomic E-state index is 12.1. The van der Waals surface area contributed by atoms with E-state index < -0.39 is 11.8 Å². The Morgan fingerprint density at radius 3 is 2.38 bits per heavy atom. The minimum Gasteiger partial charge on any atom is -0.505 e. The van der Waals surface area contributed by atoms with Crippen LogP contribution >= 0.6 is 0 Å². The fraction of sp³-hybridized carbons (Fsp3) is 0.100. The molecular weight excluding hydrogens is 372 g/mol. The van der Waals surface area contributed by atoms with Gasteiger partial charge in [0.2, 0.25) is 0 Å². The molecule has 0 atom stereocenters. The van der Waals surface area contributed by atoms with Crippen LogP contribution in [-0.2, 0) is 22.7 Å². The second kappa shape index (κ2) is 8.36. The summed E-state index contributed by atoms with van der Waals surface area (Å²) in [6, 6.07) is 10.6. The van der Waals surface area contributed by atoms with Crippen LogP contribution in [0.4, 0.5) is 0 Å². The van der Waals surface area contributed by atoms with E-state index in [-0.39, 0.29) is 18.8 Å². The molecule has 0 fully saturated rings. The van der Waals surface area contributed by atoms with Crippen LogP contribution in [-0.4, -0.2) is 36.9 Å². The van der Waals surface area contributed by atoms with Gasteiger partial charge in [0.15, 0.2) is 0 Å². The lowest BCUT2D eigenvalue weighted by atomic mass is 10.1. The zero-order valence-corrected chi connectivity index (χ0v) is 15.6. The van der Waals surface area contributed by atoms with Crippen molar-refractivity contribution in [2.75, 3.05) is 0 Å². The SMILES string of the molecule is C=CC(=O)NN(Cc1cc(CN)cc(-n2nc3ccccc3n2)c1O)C(=O)C=C. The molecule has 3 aromatic rings. The molecule has 1 aromatic heterocycles. The molecule has 9 heteroatoms. The van der Waals surface area contributed by atoms with Gasteiger partial charge in [-0.2, -0.15) is 0 Å². The Kier molecular flexibility index (Phi) is 5.70. The quantitative estimate of drug-likeness (QED) is 0.429. The summed E-state index contributed by atoms with van der Waals surface area (Å²) in [5.74, 6) is -1.27. The summed E-state index contributed by atoms with van der Waals surface area (Å²) in [7, 11) is 0. The average Bonchev–Trinajstić information content (AvgIpc) is 3.17. The normalized spacial score (nSPS) is 10.5. The van der Waals surface area contributed by atoms with E-state index in [2.05, 4.69) is 28.8 Å².